The predicted octanol–water partition coefficient (Wildman–Crippen LogP) is 1.43. The van der Waals surface area contributed by atoms with Crippen LogP contribution in [0.15, 0.2) is 0 Å². The predicted molar refractivity (Wildman–Crippen MR) is 77.7 cm³/mol. The fourth-order valence-corrected chi connectivity index (χ4v) is 1.17. The van der Waals surface area contributed by atoms with Gasteiger partial charge in [0, 0.05) is 55.1 Å². The summed E-state index contributed by atoms with van der Waals surface area (Å²) in [5, 5.41) is 0. The van der Waals surface area contributed by atoms with Crippen molar-refractivity contribution < 1.29 is 48.1 Å². The Morgan fingerprint density at radius 1 is 0.667 bits per heavy atom. The van der Waals surface area contributed by atoms with Gasteiger partial charge >= 0.3 is 23.9 Å². The van der Waals surface area contributed by atoms with Gasteiger partial charge in [0.2, 0.25) is 0 Å². The Kier molecular flexibility index (Phi) is 10.7. The summed E-state index contributed by atoms with van der Waals surface area (Å²) in [6.07, 6.45) is 0.872. The van der Waals surface area contributed by atoms with E-state index in [1.165, 1.54) is 42.3 Å². The topological polar surface area (TPSA) is 108 Å². The molecule has 0 N–H and O–H groups in total. The molecule has 0 aliphatic rings. The number of rotatable bonds is 13. The number of methoxy groups -OCH3 is 4. The highest BCUT2D eigenvalue weighted by Crippen LogP contribution is 2.14. The lowest BCUT2D eigenvalue weighted by Gasteiger charge is -2.23. The first kappa shape index (κ1) is 22.7. The lowest BCUT2D eigenvalue weighted by atomic mass is 10.2. The van der Waals surface area contributed by atoms with Gasteiger partial charge in [-0.25, -0.2) is 9.59 Å². The molecule has 142 valence electrons. The van der Waals surface area contributed by atoms with Gasteiger partial charge in [-0.15, -0.1) is 9.78 Å². The molecule has 10 nitrogen and oxygen atoms in total. The molecule has 0 spiro atoms. The van der Waals surface area contributed by atoms with Gasteiger partial charge in [-0.3, -0.25) is 9.78 Å². The largest absolute Gasteiger partial charge is 0.342 e. The SMILES string of the molecule is COC(C)(OC)OOC(=O)CCCCC(=O)OOC(C)(OC)OC. The van der Waals surface area contributed by atoms with Crippen LogP contribution in [-0.4, -0.2) is 52.3 Å². The Labute approximate surface area is 141 Å². The fraction of sp³-hybridized carbons (Fsp3) is 0.857. The molecule has 0 fully saturated rings. The van der Waals surface area contributed by atoms with E-state index in [-0.39, 0.29) is 12.8 Å². The molecule has 0 saturated heterocycles. The van der Waals surface area contributed by atoms with Gasteiger partial charge in [-0.1, -0.05) is 0 Å². The van der Waals surface area contributed by atoms with Crippen molar-refractivity contribution in [2.45, 2.75) is 51.5 Å². The summed E-state index contributed by atoms with van der Waals surface area (Å²) in [7, 11) is 5.35. The van der Waals surface area contributed by atoms with Crippen molar-refractivity contribution in [3.05, 3.63) is 0 Å². The van der Waals surface area contributed by atoms with Crippen LogP contribution < -0.4 is 0 Å². The van der Waals surface area contributed by atoms with Crippen LogP contribution in [0.3, 0.4) is 0 Å². The lowest BCUT2D eigenvalue weighted by molar-refractivity contribution is -0.471. The van der Waals surface area contributed by atoms with Gasteiger partial charge in [0.15, 0.2) is 0 Å². The Morgan fingerprint density at radius 3 is 1.21 bits per heavy atom. The van der Waals surface area contributed by atoms with E-state index in [0.717, 1.165) is 0 Å². The molecule has 0 radical (unpaired) electrons. The Balaban J connectivity index is 3.85. The summed E-state index contributed by atoms with van der Waals surface area (Å²) in [6, 6.07) is 0. The molecule has 0 aromatic rings. The second-order valence-electron chi connectivity index (χ2n) is 4.83. The van der Waals surface area contributed by atoms with E-state index in [4.69, 9.17) is 28.7 Å². The van der Waals surface area contributed by atoms with Crippen molar-refractivity contribution in [1.82, 2.24) is 0 Å². The third-order valence-corrected chi connectivity index (χ3v) is 3.07. The zero-order valence-electron chi connectivity index (χ0n) is 14.9. The van der Waals surface area contributed by atoms with Gasteiger partial charge in [0.05, 0.1) is 0 Å². The highest BCUT2D eigenvalue weighted by Gasteiger charge is 2.28. The Bertz CT molecular complexity index is 340. The summed E-state index contributed by atoms with van der Waals surface area (Å²) >= 11 is 0. The van der Waals surface area contributed by atoms with Crippen LogP contribution in [0.4, 0.5) is 0 Å². The van der Waals surface area contributed by atoms with Crippen molar-refractivity contribution in [1.29, 1.82) is 0 Å². The number of unbranched alkanes of at least 4 members (excludes halogenated alkanes) is 1. The summed E-state index contributed by atoms with van der Waals surface area (Å²) in [6.45, 7) is 2.87. The van der Waals surface area contributed by atoms with E-state index in [9.17, 15) is 9.59 Å². The smallest absolute Gasteiger partial charge is 0.329 e. The number of hydrogen-bond donors (Lipinski definition) is 0. The van der Waals surface area contributed by atoms with Crippen molar-refractivity contribution in [3.63, 3.8) is 0 Å². The minimum Gasteiger partial charge on any atom is -0.329 e. The van der Waals surface area contributed by atoms with Gasteiger partial charge in [-0.05, 0) is 12.8 Å². The Hall–Kier alpha value is -1.30. The monoisotopic (exact) mass is 354 g/mol. The number of carbonyl (C=O) groups excluding carboxylic acids is 2. The van der Waals surface area contributed by atoms with Gasteiger partial charge < -0.3 is 18.9 Å². The molecule has 0 aliphatic heterocycles. The molecule has 0 heterocycles. The van der Waals surface area contributed by atoms with Crippen LogP contribution in [0, 0.1) is 0 Å². The van der Waals surface area contributed by atoms with Crippen molar-refractivity contribution in [2.75, 3.05) is 28.4 Å². The average Bonchev–Trinajstić information content (AvgIpc) is 2.61. The molecular weight excluding hydrogens is 328 g/mol. The van der Waals surface area contributed by atoms with Gasteiger partial charge in [0.1, 0.15) is 0 Å². The van der Waals surface area contributed by atoms with Crippen LogP contribution in [0.2, 0.25) is 0 Å². The molecule has 0 atom stereocenters. The Morgan fingerprint density at radius 2 is 0.958 bits per heavy atom. The highest BCUT2D eigenvalue weighted by molar-refractivity contribution is 5.69. The zero-order valence-corrected chi connectivity index (χ0v) is 14.9. The molecule has 0 rings (SSSR count). The third kappa shape index (κ3) is 9.11. The maximum atomic E-state index is 11.5. The van der Waals surface area contributed by atoms with E-state index < -0.39 is 23.9 Å². The molecule has 0 aromatic heterocycles. The molecule has 0 unspecified atom stereocenters. The first-order valence-electron chi connectivity index (χ1n) is 7.21. The average molecular weight is 354 g/mol. The molecule has 10 heteroatoms. The lowest BCUT2D eigenvalue weighted by Crippen LogP contribution is -2.34. The van der Waals surface area contributed by atoms with E-state index in [1.54, 1.807) is 0 Å². The van der Waals surface area contributed by atoms with E-state index >= 15 is 0 Å². The summed E-state index contributed by atoms with van der Waals surface area (Å²) in [5.74, 6) is -4.17. The minimum atomic E-state index is -1.47. The fourth-order valence-electron chi connectivity index (χ4n) is 1.17. The summed E-state index contributed by atoms with van der Waals surface area (Å²) in [4.78, 5) is 41.5. The first-order chi connectivity index (χ1) is 11.2. The maximum absolute atomic E-state index is 11.5. The molecule has 0 aliphatic carbocycles. The highest BCUT2D eigenvalue weighted by atomic mass is 17.3. The quantitative estimate of drug-likeness (QED) is 0.208. The van der Waals surface area contributed by atoms with Gasteiger partial charge in [-0.2, -0.15) is 0 Å². The summed E-state index contributed by atoms with van der Waals surface area (Å²) < 4.78 is 19.4. The van der Waals surface area contributed by atoms with Crippen molar-refractivity contribution >= 4 is 11.9 Å². The second kappa shape index (κ2) is 11.3. The van der Waals surface area contributed by atoms with Crippen LogP contribution in [0.1, 0.15) is 39.5 Å². The van der Waals surface area contributed by atoms with Crippen LogP contribution >= 0.6 is 0 Å². The second-order valence-corrected chi connectivity index (χ2v) is 4.83. The van der Waals surface area contributed by atoms with E-state index in [1.807, 2.05) is 0 Å². The third-order valence-electron chi connectivity index (χ3n) is 3.07. The van der Waals surface area contributed by atoms with Crippen molar-refractivity contribution in [3.8, 4) is 0 Å². The van der Waals surface area contributed by atoms with Crippen LogP contribution in [0.5, 0.6) is 0 Å². The van der Waals surface area contributed by atoms with Gasteiger partial charge in [0.25, 0.3) is 0 Å². The molecule has 0 amide bonds. The number of carbonyl (C=O) groups is 2. The molecule has 0 saturated carbocycles. The van der Waals surface area contributed by atoms with E-state index in [2.05, 4.69) is 9.78 Å². The van der Waals surface area contributed by atoms with Crippen LogP contribution in [-0.2, 0) is 48.1 Å². The molecule has 0 aromatic carbocycles. The molecule has 0 bridgehead atoms. The molecular formula is C14H26O10. The van der Waals surface area contributed by atoms with E-state index in [0.29, 0.717) is 12.8 Å². The number of hydrogen-bond acceptors (Lipinski definition) is 10. The first-order valence-corrected chi connectivity index (χ1v) is 7.21. The zero-order chi connectivity index (χ0) is 18.6. The van der Waals surface area contributed by atoms with Crippen LogP contribution in [0.25, 0.3) is 0 Å². The summed E-state index contributed by atoms with van der Waals surface area (Å²) in [5.41, 5.74) is 0. The molecule has 24 heavy (non-hydrogen) atoms. The number of ether oxygens (including phenoxy) is 4. The normalized spacial score (nSPS) is 12.1. The maximum Gasteiger partial charge on any atom is 0.342 e. The minimum absolute atomic E-state index is 0.0471. The standard InChI is InChI=1S/C14H26O10/c1-13(17-3,18-4)23-21-11(15)9-7-8-10-12(16)22-24-14(2,19-5)20-6/h7-10H2,1-6H3. The van der Waals surface area contributed by atoms with Crippen molar-refractivity contribution in [2.24, 2.45) is 0 Å².